The highest BCUT2D eigenvalue weighted by Gasteiger charge is 2.65. The second kappa shape index (κ2) is 5.33. The Morgan fingerprint density at radius 2 is 1.72 bits per heavy atom. The van der Waals surface area contributed by atoms with Crippen LogP contribution in [0.25, 0.3) is 0 Å². The Hall–Kier alpha value is -0.860. The second-order valence-corrected chi connectivity index (χ2v) is 9.37. The minimum absolute atomic E-state index is 0.0531. The molecule has 0 saturated heterocycles. The summed E-state index contributed by atoms with van der Waals surface area (Å²) in [6.45, 7) is 4.27. The molecule has 0 aromatic carbocycles. The van der Waals surface area contributed by atoms with Crippen molar-refractivity contribution in [3.05, 3.63) is 11.6 Å². The summed E-state index contributed by atoms with van der Waals surface area (Å²) in [4.78, 5) is 0. The van der Waals surface area contributed by atoms with Crippen LogP contribution in [0.5, 0.6) is 0 Å². The molecule has 0 unspecified atom stereocenters. The summed E-state index contributed by atoms with van der Waals surface area (Å²) in [5.41, 5.74) is -0.830. The van der Waals surface area contributed by atoms with Crippen molar-refractivity contribution in [1.82, 2.24) is 0 Å². The fourth-order valence-corrected chi connectivity index (χ4v) is 6.95. The van der Waals surface area contributed by atoms with Crippen LogP contribution in [0.15, 0.2) is 11.6 Å². The van der Waals surface area contributed by atoms with Gasteiger partial charge in [-0.15, -0.1) is 6.42 Å². The van der Waals surface area contributed by atoms with Crippen molar-refractivity contribution < 1.29 is 20.4 Å². The fourth-order valence-electron chi connectivity index (χ4n) is 6.95. The number of aliphatic hydroxyl groups excluding tert-OH is 3. The van der Waals surface area contributed by atoms with Gasteiger partial charge < -0.3 is 20.4 Å². The minimum atomic E-state index is -1.09. The summed E-state index contributed by atoms with van der Waals surface area (Å²) in [5, 5.41) is 42.5. The maximum absolute atomic E-state index is 11.0. The Kier molecular flexibility index (Phi) is 3.74. The van der Waals surface area contributed by atoms with E-state index in [1.807, 2.05) is 0 Å². The summed E-state index contributed by atoms with van der Waals surface area (Å²) < 4.78 is 0. The highest BCUT2D eigenvalue weighted by atomic mass is 16.3. The third-order valence-electron chi connectivity index (χ3n) is 8.59. The smallest absolute Gasteiger partial charge is 0.130 e. The van der Waals surface area contributed by atoms with E-state index < -0.39 is 23.9 Å². The van der Waals surface area contributed by atoms with Crippen molar-refractivity contribution in [3.8, 4) is 12.3 Å². The Morgan fingerprint density at radius 1 is 1.04 bits per heavy atom. The average Bonchev–Trinajstić information content (AvgIpc) is 2.86. The zero-order valence-corrected chi connectivity index (χ0v) is 15.2. The van der Waals surface area contributed by atoms with Gasteiger partial charge in [0, 0.05) is 5.41 Å². The number of terminal acetylenes is 1. The Bertz CT molecular complexity index is 651. The van der Waals surface area contributed by atoms with Crippen molar-refractivity contribution >= 4 is 0 Å². The molecule has 0 amide bonds. The van der Waals surface area contributed by atoms with E-state index in [0.717, 1.165) is 31.3 Å². The molecule has 4 heteroatoms. The normalized spacial score (nSPS) is 57.7. The third kappa shape index (κ3) is 2.04. The van der Waals surface area contributed by atoms with E-state index in [1.54, 1.807) is 6.08 Å². The van der Waals surface area contributed by atoms with Crippen LogP contribution in [-0.4, -0.2) is 44.3 Å². The van der Waals surface area contributed by atoms with E-state index >= 15 is 0 Å². The topological polar surface area (TPSA) is 80.9 Å². The lowest BCUT2D eigenvalue weighted by atomic mass is 9.46. The van der Waals surface area contributed by atoms with Crippen LogP contribution < -0.4 is 0 Å². The Balaban J connectivity index is 1.77. The zero-order valence-electron chi connectivity index (χ0n) is 15.2. The Morgan fingerprint density at radius 3 is 2.40 bits per heavy atom. The van der Waals surface area contributed by atoms with Gasteiger partial charge in [0.1, 0.15) is 11.7 Å². The lowest BCUT2D eigenvalue weighted by Gasteiger charge is -2.60. The van der Waals surface area contributed by atoms with E-state index in [1.165, 1.54) is 0 Å². The van der Waals surface area contributed by atoms with Crippen molar-refractivity contribution in [2.45, 2.75) is 76.3 Å². The molecule has 0 radical (unpaired) electrons. The molecule has 0 aromatic rings. The summed E-state index contributed by atoms with van der Waals surface area (Å²) in [6.07, 6.45) is 9.78. The third-order valence-corrected chi connectivity index (χ3v) is 8.59. The first kappa shape index (κ1) is 17.5. The molecule has 4 rings (SSSR count). The molecule has 9 atom stereocenters. The van der Waals surface area contributed by atoms with Crippen LogP contribution in [-0.2, 0) is 0 Å². The molecule has 4 aliphatic carbocycles. The van der Waals surface area contributed by atoms with Gasteiger partial charge in [0.25, 0.3) is 0 Å². The van der Waals surface area contributed by atoms with Crippen LogP contribution in [0.1, 0.15) is 52.4 Å². The van der Waals surface area contributed by atoms with Gasteiger partial charge in [0.05, 0.1) is 12.2 Å². The van der Waals surface area contributed by atoms with Crippen LogP contribution in [0.2, 0.25) is 0 Å². The van der Waals surface area contributed by atoms with Gasteiger partial charge in [-0.25, -0.2) is 0 Å². The van der Waals surface area contributed by atoms with E-state index in [0.29, 0.717) is 12.8 Å². The van der Waals surface area contributed by atoms with E-state index in [4.69, 9.17) is 6.42 Å². The highest BCUT2D eigenvalue weighted by Crippen LogP contribution is 2.66. The van der Waals surface area contributed by atoms with Crippen molar-refractivity contribution in [2.24, 2.45) is 28.6 Å². The molecular formula is C21H30O4. The number of rotatable bonds is 0. The predicted octanol–water partition coefficient (Wildman–Crippen LogP) is 1.62. The maximum Gasteiger partial charge on any atom is 0.130 e. The van der Waals surface area contributed by atoms with Crippen LogP contribution in [0, 0.1) is 40.9 Å². The molecule has 4 aliphatic rings. The SMILES string of the molecule is C#C[C@]1(O)CC[C@H]2[C@@H]3[C@@H](O)C=C4[C@@H](O)[C@H](O)CC[C@]4(C)[C@H]3CC[C@@]21C. The fraction of sp³-hybridized carbons (Fsp3) is 0.810. The van der Waals surface area contributed by atoms with Gasteiger partial charge in [-0.1, -0.05) is 25.8 Å². The molecule has 0 aromatic heterocycles. The number of aliphatic hydroxyl groups is 4. The van der Waals surface area contributed by atoms with Crippen LogP contribution in [0.3, 0.4) is 0 Å². The van der Waals surface area contributed by atoms with Gasteiger partial charge in [-0.3, -0.25) is 0 Å². The average molecular weight is 346 g/mol. The van der Waals surface area contributed by atoms with Crippen molar-refractivity contribution in [3.63, 3.8) is 0 Å². The molecular weight excluding hydrogens is 316 g/mol. The van der Waals surface area contributed by atoms with Gasteiger partial charge in [-0.05, 0) is 67.3 Å². The van der Waals surface area contributed by atoms with Crippen LogP contribution in [0.4, 0.5) is 0 Å². The molecule has 3 fully saturated rings. The quantitative estimate of drug-likeness (QED) is 0.397. The van der Waals surface area contributed by atoms with Crippen molar-refractivity contribution in [2.75, 3.05) is 0 Å². The lowest BCUT2D eigenvalue weighted by molar-refractivity contribution is -0.131. The summed E-state index contributed by atoms with van der Waals surface area (Å²) in [6, 6.07) is 0. The van der Waals surface area contributed by atoms with Gasteiger partial charge in [-0.2, -0.15) is 0 Å². The predicted molar refractivity (Wildman–Crippen MR) is 94.3 cm³/mol. The lowest BCUT2D eigenvalue weighted by Crippen LogP contribution is -2.59. The standard InChI is InChI=1S/C21H30O4/c1-4-21(25)10-6-13-17-12(5-9-20(13,21)3)19(2)8-7-15(22)18(24)14(19)11-16(17)23/h1,11-13,15-18,22-25H,5-10H2,2-3H3/t12-,13-,15+,16-,17+,18+,19+,20-,21-/m0/s1. The molecule has 0 heterocycles. The van der Waals surface area contributed by atoms with E-state index in [2.05, 4.69) is 19.8 Å². The molecule has 0 bridgehead atoms. The molecule has 25 heavy (non-hydrogen) atoms. The first-order valence-corrected chi connectivity index (χ1v) is 9.64. The second-order valence-electron chi connectivity index (χ2n) is 9.37. The zero-order chi connectivity index (χ0) is 18.2. The van der Waals surface area contributed by atoms with Crippen LogP contribution >= 0.6 is 0 Å². The van der Waals surface area contributed by atoms with Gasteiger partial charge >= 0.3 is 0 Å². The highest BCUT2D eigenvalue weighted by molar-refractivity contribution is 5.33. The van der Waals surface area contributed by atoms with E-state index in [9.17, 15) is 20.4 Å². The summed E-state index contributed by atoms with van der Waals surface area (Å²) >= 11 is 0. The monoisotopic (exact) mass is 346 g/mol. The molecule has 0 spiro atoms. The molecule has 4 nitrogen and oxygen atoms in total. The first-order valence-electron chi connectivity index (χ1n) is 9.64. The number of hydrogen-bond acceptors (Lipinski definition) is 4. The molecule has 138 valence electrons. The minimum Gasteiger partial charge on any atom is -0.390 e. The van der Waals surface area contributed by atoms with Gasteiger partial charge in [0.15, 0.2) is 0 Å². The molecule has 3 saturated carbocycles. The maximum atomic E-state index is 11.0. The van der Waals surface area contributed by atoms with E-state index in [-0.39, 0.29) is 28.6 Å². The molecule has 0 aliphatic heterocycles. The summed E-state index contributed by atoms with van der Waals surface area (Å²) in [5.74, 6) is 3.14. The largest absolute Gasteiger partial charge is 0.390 e. The number of fused-ring (bicyclic) bond motifs is 5. The number of hydrogen-bond donors (Lipinski definition) is 4. The summed E-state index contributed by atoms with van der Waals surface area (Å²) in [7, 11) is 0. The first-order chi connectivity index (χ1) is 11.7. The van der Waals surface area contributed by atoms with Gasteiger partial charge in [0.2, 0.25) is 0 Å². The molecule has 4 N–H and O–H groups in total. The van der Waals surface area contributed by atoms with Crippen molar-refractivity contribution in [1.29, 1.82) is 0 Å². The Labute approximate surface area is 150 Å².